The maximum Gasteiger partial charge on any atom is 0.246 e. The van der Waals surface area contributed by atoms with Crippen LogP contribution in [0.3, 0.4) is 0 Å². The van der Waals surface area contributed by atoms with Crippen LogP contribution in [0.1, 0.15) is 52.4 Å². The molecule has 1 saturated heterocycles. The Bertz CT molecular complexity index is 388. The van der Waals surface area contributed by atoms with Gasteiger partial charge in [0.1, 0.15) is 12.1 Å². The first kappa shape index (κ1) is 12.9. The Balaban J connectivity index is 1.82. The Hall–Kier alpha value is -1.06. The van der Waals surface area contributed by atoms with E-state index in [1.165, 1.54) is 0 Å². The van der Waals surface area contributed by atoms with Gasteiger partial charge in [-0.2, -0.15) is 0 Å². The Morgan fingerprint density at radius 3 is 2.37 bits per heavy atom. The molecule has 0 aromatic heterocycles. The van der Waals surface area contributed by atoms with Crippen molar-refractivity contribution in [1.82, 2.24) is 10.2 Å². The number of carbonyl (C=O) groups excluding carboxylic acids is 2. The standard InChI is InChI=1S/C15H24N2O2/c1-3-4-9(2)17-13(11-7-8-11)14(18)16-12(15(17)19)10-5-6-10/h9-13H,3-8H2,1-2H3,(H,16,18). The lowest BCUT2D eigenvalue weighted by molar-refractivity contribution is -0.153. The molecule has 0 aromatic rings. The third-order valence-electron chi connectivity index (χ3n) is 4.73. The van der Waals surface area contributed by atoms with Crippen LogP contribution in [0.15, 0.2) is 0 Å². The fourth-order valence-corrected chi connectivity index (χ4v) is 3.37. The van der Waals surface area contributed by atoms with Gasteiger partial charge >= 0.3 is 0 Å². The van der Waals surface area contributed by atoms with Crippen molar-refractivity contribution in [2.75, 3.05) is 0 Å². The third-order valence-corrected chi connectivity index (χ3v) is 4.73. The van der Waals surface area contributed by atoms with Crippen LogP contribution in [-0.2, 0) is 9.59 Å². The van der Waals surface area contributed by atoms with Gasteiger partial charge in [0.25, 0.3) is 0 Å². The van der Waals surface area contributed by atoms with E-state index in [1.54, 1.807) is 0 Å². The number of amides is 2. The Morgan fingerprint density at radius 1 is 1.21 bits per heavy atom. The maximum atomic E-state index is 12.7. The molecule has 1 N–H and O–H groups in total. The van der Waals surface area contributed by atoms with Crippen molar-refractivity contribution in [2.45, 2.75) is 70.5 Å². The zero-order valence-electron chi connectivity index (χ0n) is 11.9. The summed E-state index contributed by atoms with van der Waals surface area (Å²) in [7, 11) is 0. The van der Waals surface area contributed by atoms with Crippen LogP contribution in [0.25, 0.3) is 0 Å². The fraction of sp³-hybridized carbons (Fsp3) is 0.867. The van der Waals surface area contributed by atoms with Crippen LogP contribution >= 0.6 is 0 Å². The minimum atomic E-state index is -0.234. The van der Waals surface area contributed by atoms with Gasteiger partial charge in [-0.25, -0.2) is 0 Å². The molecule has 2 aliphatic carbocycles. The average molecular weight is 264 g/mol. The number of piperazine rings is 1. The highest BCUT2D eigenvalue weighted by atomic mass is 16.2. The molecule has 106 valence electrons. The Morgan fingerprint density at radius 2 is 1.84 bits per heavy atom. The predicted molar refractivity (Wildman–Crippen MR) is 72.4 cm³/mol. The van der Waals surface area contributed by atoms with Gasteiger partial charge in [-0.15, -0.1) is 0 Å². The van der Waals surface area contributed by atoms with E-state index in [4.69, 9.17) is 0 Å². The summed E-state index contributed by atoms with van der Waals surface area (Å²) in [6.45, 7) is 4.23. The van der Waals surface area contributed by atoms with Gasteiger partial charge in [-0.1, -0.05) is 13.3 Å². The van der Waals surface area contributed by atoms with E-state index in [2.05, 4.69) is 19.2 Å². The highest BCUT2D eigenvalue weighted by Gasteiger charge is 2.52. The Kier molecular flexibility index (Phi) is 3.27. The summed E-state index contributed by atoms with van der Waals surface area (Å²) in [5, 5.41) is 3.00. The minimum absolute atomic E-state index is 0.0990. The second-order valence-electron chi connectivity index (χ2n) is 6.49. The summed E-state index contributed by atoms with van der Waals surface area (Å²) in [5.41, 5.74) is 0. The second-order valence-corrected chi connectivity index (χ2v) is 6.49. The van der Waals surface area contributed by atoms with Crippen LogP contribution in [0, 0.1) is 11.8 Å². The van der Waals surface area contributed by atoms with Crippen molar-refractivity contribution in [1.29, 1.82) is 0 Å². The summed E-state index contributed by atoms with van der Waals surface area (Å²) < 4.78 is 0. The van der Waals surface area contributed by atoms with Crippen molar-refractivity contribution in [3.8, 4) is 0 Å². The van der Waals surface area contributed by atoms with Crippen LogP contribution in [-0.4, -0.2) is 34.8 Å². The summed E-state index contributed by atoms with van der Waals surface area (Å²) >= 11 is 0. The molecular formula is C15H24N2O2. The topological polar surface area (TPSA) is 49.4 Å². The summed E-state index contributed by atoms with van der Waals surface area (Å²) in [6, 6.07) is -0.235. The number of hydrogen-bond donors (Lipinski definition) is 1. The van der Waals surface area contributed by atoms with E-state index in [9.17, 15) is 9.59 Å². The zero-order valence-corrected chi connectivity index (χ0v) is 11.9. The highest BCUT2D eigenvalue weighted by Crippen LogP contribution is 2.41. The number of rotatable bonds is 5. The number of nitrogens with one attached hydrogen (secondary N) is 1. The molecular weight excluding hydrogens is 240 g/mol. The molecule has 1 aliphatic heterocycles. The molecule has 4 nitrogen and oxygen atoms in total. The van der Waals surface area contributed by atoms with Crippen molar-refractivity contribution in [3.05, 3.63) is 0 Å². The molecule has 0 spiro atoms. The molecule has 0 radical (unpaired) electrons. The van der Waals surface area contributed by atoms with E-state index in [0.717, 1.165) is 38.5 Å². The van der Waals surface area contributed by atoms with Gasteiger partial charge in [0.15, 0.2) is 0 Å². The molecule has 4 heteroatoms. The van der Waals surface area contributed by atoms with Crippen molar-refractivity contribution in [3.63, 3.8) is 0 Å². The third kappa shape index (κ3) is 2.37. The summed E-state index contributed by atoms with van der Waals surface area (Å²) in [6.07, 6.45) is 6.39. The summed E-state index contributed by atoms with van der Waals surface area (Å²) in [5.74, 6) is 1.08. The molecule has 3 fully saturated rings. The molecule has 19 heavy (non-hydrogen) atoms. The van der Waals surface area contributed by atoms with Crippen LogP contribution in [0.2, 0.25) is 0 Å². The predicted octanol–water partition coefficient (Wildman–Crippen LogP) is 1.69. The van der Waals surface area contributed by atoms with E-state index in [0.29, 0.717) is 11.8 Å². The molecule has 3 atom stereocenters. The SMILES string of the molecule is CCCC(C)N1C(=O)C(C2CC2)NC(=O)C1C1CC1. The lowest BCUT2D eigenvalue weighted by atomic mass is 9.97. The van der Waals surface area contributed by atoms with Crippen molar-refractivity contribution in [2.24, 2.45) is 11.8 Å². The monoisotopic (exact) mass is 264 g/mol. The Labute approximate surface area is 114 Å². The van der Waals surface area contributed by atoms with E-state index < -0.39 is 0 Å². The van der Waals surface area contributed by atoms with Crippen molar-refractivity contribution < 1.29 is 9.59 Å². The van der Waals surface area contributed by atoms with E-state index in [-0.39, 0.29) is 29.9 Å². The quantitative estimate of drug-likeness (QED) is 0.821. The zero-order chi connectivity index (χ0) is 13.6. The number of hydrogen-bond acceptors (Lipinski definition) is 2. The molecule has 1 heterocycles. The van der Waals surface area contributed by atoms with Gasteiger partial charge in [0.05, 0.1) is 0 Å². The van der Waals surface area contributed by atoms with Gasteiger partial charge in [-0.05, 0) is 50.9 Å². The lowest BCUT2D eigenvalue weighted by Gasteiger charge is -2.43. The minimum Gasteiger partial charge on any atom is -0.342 e. The second kappa shape index (κ2) is 4.80. The summed E-state index contributed by atoms with van der Waals surface area (Å²) in [4.78, 5) is 27.0. The molecule has 3 rings (SSSR count). The highest BCUT2D eigenvalue weighted by molar-refractivity contribution is 5.98. The fourth-order valence-electron chi connectivity index (χ4n) is 3.37. The van der Waals surface area contributed by atoms with Crippen LogP contribution in [0.5, 0.6) is 0 Å². The first-order valence-corrected chi connectivity index (χ1v) is 7.76. The molecule has 2 amide bonds. The van der Waals surface area contributed by atoms with Gasteiger partial charge in [0, 0.05) is 6.04 Å². The van der Waals surface area contributed by atoms with Crippen LogP contribution in [0.4, 0.5) is 0 Å². The molecule has 0 aromatic carbocycles. The van der Waals surface area contributed by atoms with E-state index in [1.807, 2.05) is 4.90 Å². The number of carbonyl (C=O) groups is 2. The molecule has 0 bridgehead atoms. The van der Waals surface area contributed by atoms with E-state index >= 15 is 0 Å². The lowest BCUT2D eigenvalue weighted by Crippen LogP contribution is -2.66. The van der Waals surface area contributed by atoms with Crippen molar-refractivity contribution >= 4 is 11.8 Å². The normalized spacial score (nSPS) is 33.3. The van der Waals surface area contributed by atoms with Gasteiger partial charge in [-0.3, -0.25) is 9.59 Å². The van der Waals surface area contributed by atoms with Gasteiger partial charge in [0.2, 0.25) is 11.8 Å². The maximum absolute atomic E-state index is 12.7. The van der Waals surface area contributed by atoms with Gasteiger partial charge < -0.3 is 10.2 Å². The smallest absolute Gasteiger partial charge is 0.246 e. The molecule has 2 saturated carbocycles. The number of nitrogens with zero attached hydrogens (tertiary/aromatic N) is 1. The first-order chi connectivity index (χ1) is 9.13. The average Bonchev–Trinajstić information content (AvgIpc) is 3.24. The first-order valence-electron chi connectivity index (χ1n) is 7.76. The molecule has 3 unspecified atom stereocenters. The largest absolute Gasteiger partial charge is 0.342 e. The molecule has 3 aliphatic rings. The van der Waals surface area contributed by atoms with Crippen LogP contribution < -0.4 is 5.32 Å².